The number of likely N-dealkylation sites (N-methyl/N-ethyl adjacent to an activating group) is 1. The summed E-state index contributed by atoms with van der Waals surface area (Å²) in [7, 11) is 2.13. The predicted molar refractivity (Wildman–Crippen MR) is 71.7 cm³/mol. The zero-order chi connectivity index (χ0) is 13.3. The highest BCUT2D eigenvalue weighted by Crippen LogP contribution is 2.11. The third kappa shape index (κ3) is 6.27. The maximum Gasteiger partial charge on any atom is 0.339 e. The van der Waals surface area contributed by atoms with Crippen molar-refractivity contribution in [3.63, 3.8) is 0 Å². The standard InChI is InChI=1S/C14H26NO2/c1-6-9-11-15(5,10-7-2)12-13(4)14(16)17-8-3/h7H,2,4,6,8-12H2,1,3,5H3/q+1. The lowest BCUT2D eigenvalue weighted by Crippen LogP contribution is -2.47. The first-order chi connectivity index (χ1) is 7.99. The molecule has 0 aromatic rings. The predicted octanol–water partition coefficient (Wildman–Crippen LogP) is 2.54. The van der Waals surface area contributed by atoms with Crippen LogP contribution in [0.1, 0.15) is 26.7 Å². The minimum absolute atomic E-state index is 0.280. The number of ether oxygens (including phenoxy) is 1. The van der Waals surface area contributed by atoms with Crippen LogP contribution in [0.5, 0.6) is 0 Å². The molecule has 0 rings (SSSR count). The van der Waals surface area contributed by atoms with E-state index >= 15 is 0 Å². The van der Waals surface area contributed by atoms with E-state index in [1.54, 1.807) is 6.92 Å². The van der Waals surface area contributed by atoms with Crippen molar-refractivity contribution in [1.82, 2.24) is 0 Å². The molecular weight excluding hydrogens is 214 g/mol. The van der Waals surface area contributed by atoms with E-state index in [9.17, 15) is 4.79 Å². The molecule has 98 valence electrons. The van der Waals surface area contributed by atoms with Crippen molar-refractivity contribution in [3.05, 3.63) is 24.8 Å². The van der Waals surface area contributed by atoms with Crippen molar-refractivity contribution in [2.75, 3.05) is 33.3 Å². The van der Waals surface area contributed by atoms with Crippen LogP contribution >= 0.6 is 0 Å². The SMILES string of the molecule is C=CC[N+](C)(CCCC)CC(=C)C(=O)OCC. The summed E-state index contributed by atoms with van der Waals surface area (Å²) in [6.45, 7) is 14.5. The maximum absolute atomic E-state index is 11.5. The van der Waals surface area contributed by atoms with Gasteiger partial charge in [-0.15, -0.1) is 0 Å². The lowest BCUT2D eigenvalue weighted by atomic mass is 10.2. The maximum atomic E-state index is 11.5. The molecule has 0 heterocycles. The number of rotatable bonds is 9. The van der Waals surface area contributed by atoms with Crippen molar-refractivity contribution >= 4 is 5.97 Å². The van der Waals surface area contributed by atoms with Gasteiger partial charge in [-0.25, -0.2) is 4.79 Å². The summed E-state index contributed by atoms with van der Waals surface area (Å²) in [5, 5.41) is 0. The molecule has 3 nitrogen and oxygen atoms in total. The Balaban J connectivity index is 4.46. The second-order valence-electron chi connectivity index (χ2n) is 4.65. The number of nitrogens with zero attached hydrogens (tertiary/aromatic N) is 1. The molecule has 0 aromatic heterocycles. The highest BCUT2D eigenvalue weighted by molar-refractivity contribution is 5.87. The van der Waals surface area contributed by atoms with E-state index in [4.69, 9.17) is 4.74 Å². The monoisotopic (exact) mass is 240 g/mol. The zero-order valence-electron chi connectivity index (χ0n) is 11.5. The van der Waals surface area contributed by atoms with Crippen molar-refractivity contribution in [2.24, 2.45) is 0 Å². The first-order valence-electron chi connectivity index (χ1n) is 6.28. The van der Waals surface area contributed by atoms with E-state index in [2.05, 4.69) is 27.1 Å². The Kier molecular flexibility index (Phi) is 7.55. The number of esters is 1. The van der Waals surface area contributed by atoms with Crippen molar-refractivity contribution < 1.29 is 14.0 Å². The largest absolute Gasteiger partial charge is 0.462 e. The molecule has 3 heteroatoms. The second-order valence-corrected chi connectivity index (χ2v) is 4.65. The molecule has 0 aromatic carbocycles. The van der Waals surface area contributed by atoms with Crippen molar-refractivity contribution in [1.29, 1.82) is 0 Å². The number of hydrogen-bond acceptors (Lipinski definition) is 2. The lowest BCUT2D eigenvalue weighted by Gasteiger charge is -2.33. The van der Waals surface area contributed by atoms with Crippen LogP contribution in [-0.4, -0.2) is 43.7 Å². The van der Waals surface area contributed by atoms with Crippen LogP contribution in [0.25, 0.3) is 0 Å². The summed E-state index contributed by atoms with van der Waals surface area (Å²) in [4.78, 5) is 11.5. The minimum atomic E-state index is -0.280. The average Bonchev–Trinajstić information content (AvgIpc) is 2.27. The van der Waals surface area contributed by atoms with Crippen LogP contribution in [-0.2, 0) is 9.53 Å². The molecule has 0 fully saturated rings. The van der Waals surface area contributed by atoms with E-state index in [1.165, 1.54) is 0 Å². The van der Waals surface area contributed by atoms with Gasteiger partial charge in [0.2, 0.25) is 0 Å². The number of unbranched alkanes of at least 4 members (excludes halogenated alkanes) is 1. The molecular formula is C14H26NO2+. The van der Waals surface area contributed by atoms with Crippen LogP contribution in [0.2, 0.25) is 0 Å². The number of quaternary nitrogens is 1. The van der Waals surface area contributed by atoms with Gasteiger partial charge in [-0.3, -0.25) is 0 Å². The number of carbonyl (C=O) groups is 1. The van der Waals surface area contributed by atoms with Gasteiger partial charge in [-0.2, -0.15) is 0 Å². The molecule has 0 bridgehead atoms. The number of carbonyl (C=O) groups excluding carboxylic acids is 1. The van der Waals surface area contributed by atoms with E-state index in [0.717, 1.165) is 30.4 Å². The van der Waals surface area contributed by atoms with Gasteiger partial charge < -0.3 is 9.22 Å². The first-order valence-corrected chi connectivity index (χ1v) is 6.28. The third-order valence-electron chi connectivity index (χ3n) is 2.76. The summed E-state index contributed by atoms with van der Waals surface area (Å²) in [5.74, 6) is -0.280. The Bertz CT molecular complexity index is 273. The van der Waals surface area contributed by atoms with Gasteiger partial charge >= 0.3 is 5.97 Å². The molecule has 0 aliphatic carbocycles. The Morgan fingerprint density at radius 2 is 2.06 bits per heavy atom. The fourth-order valence-corrected chi connectivity index (χ4v) is 1.84. The van der Waals surface area contributed by atoms with Gasteiger partial charge in [0.25, 0.3) is 0 Å². The van der Waals surface area contributed by atoms with E-state index < -0.39 is 0 Å². The summed E-state index contributed by atoms with van der Waals surface area (Å²) in [6, 6.07) is 0. The second kappa shape index (κ2) is 8.07. The highest BCUT2D eigenvalue weighted by atomic mass is 16.5. The molecule has 0 N–H and O–H groups in total. The van der Waals surface area contributed by atoms with Gasteiger partial charge in [0.15, 0.2) is 0 Å². The molecule has 1 unspecified atom stereocenters. The molecule has 1 atom stereocenters. The molecule has 0 radical (unpaired) electrons. The van der Waals surface area contributed by atoms with Gasteiger partial charge in [0.1, 0.15) is 6.54 Å². The van der Waals surface area contributed by atoms with E-state index in [0.29, 0.717) is 18.7 Å². The number of hydrogen-bond donors (Lipinski definition) is 0. The fraction of sp³-hybridized carbons (Fsp3) is 0.643. The topological polar surface area (TPSA) is 26.3 Å². The first kappa shape index (κ1) is 15.9. The molecule has 17 heavy (non-hydrogen) atoms. The third-order valence-corrected chi connectivity index (χ3v) is 2.76. The molecule has 0 aliphatic heterocycles. The fourth-order valence-electron chi connectivity index (χ4n) is 1.84. The Morgan fingerprint density at radius 3 is 2.53 bits per heavy atom. The quantitative estimate of drug-likeness (QED) is 0.268. The van der Waals surface area contributed by atoms with E-state index in [1.807, 2.05) is 6.08 Å². The smallest absolute Gasteiger partial charge is 0.339 e. The van der Waals surface area contributed by atoms with Crippen LogP contribution in [0.3, 0.4) is 0 Å². The van der Waals surface area contributed by atoms with E-state index in [-0.39, 0.29) is 5.97 Å². The highest BCUT2D eigenvalue weighted by Gasteiger charge is 2.23. The van der Waals surface area contributed by atoms with Gasteiger partial charge in [0, 0.05) is 0 Å². The van der Waals surface area contributed by atoms with Gasteiger partial charge in [-0.1, -0.05) is 26.5 Å². The molecule has 0 aliphatic rings. The normalized spacial score (nSPS) is 13.8. The van der Waals surface area contributed by atoms with Crippen molar-refractivity contribution in [3.8, 4) is 0 Å². The molecule has 0 saturated carbocycles. The van der Waals surface area contributed by atoms with Crippen LogP contribution in [0.15, 0.2) is 24.8 Å². The summed E-state index contributed by atoms with van der Waals surface area (Å²) < 4.78 is 5.73. The average molecular weight is 240 g/mol. The summed E-state index contributed by atoms with van der Waals surface area (Å²) in [5.41, 5.74) is 0.548. The Morgan fingerprint density at radius 1 is 1.41 bits per heavy atom. The lowest BCUT2D eigenvalue weighted by molar-refractivity contribution is -0.899. The van der Waals surface area contributed by atoms with Crippen LogP contribution < -0.4 is 0 Å². The minimum Gasteiger partial charge on any atom is -0.462 e. The van der Waals surface area contributed by atoms with Gasteiger partial charge in [0.05, 0.1) is 32.3 Å². The van der Waals surface area contributed by atoms with Crippen LogP contribution in [0.4, 0.5) is 0 Å². The van der Waals surface area contributed by atoms with Crippen LogP contribution in [0, 0.1) is 0 Å². The summed E-state index contributed by atoms with van der Waals surface area (Å²) >= 11 is 0. The van der Waals surface area contributed by atoms with Crippen molar-refractivity contribution in [2.45, 2.75) is 26.7 Å². The van der Waals surface area contributed by atoms with Gasteiger partial charge in [-0.05, 0) is 19.4 Å². The molecule has 0 spiro atoms. The summed E-state index contributed by atoms with van der Waals surface area (Å²) in [6.07, 6.45) is 4.19. The molecule has 0 amide bonds. The molecule has 0 saturated heterocycles. The zero-order valence-corrected chi connectivity index (χ0v) is 11.5. The Labute approximate surface area is 105 Å². The Hall–Kier alpha value is -1.09.